The molecule has 0 aliphatic heterocycles. The highest BCUT2D eigenvalue weighted by atomic mass is 16.2. The number of aryl methyl sites for hydroxylation is 2. The van der Waals surface area contributed by atoms with Gasteiger partial charge in [0.05, 0.1) is 5.69 Å². The van der Waals surface area contributed by atoms with Crippen LogP contribution in [-0.2, 0) is 18.3 Å². The molecule has 0 spiro atoms. The van der Waals surface area contributed by atoms with Crippen molar-refractivity contribution in [1.82, 2.24) is 25.8 Å². The smallest absolute Gasteiger partial charge is 0.270 e. The summed E-state index contributed by atoms with van der Waals surface area (Å²) >= 11 is 0. The molecule has 1 saturated carbocycles. The van der Waals surface area contributed by atoms with Gasteiger partial charge in [0, 0.05) is 19.0 Å². The number of carbonyl (C=O) groups is 2. The lowest BCUT2D eigenvalue weighted by Crippen LogP contribution is -2.53. The van der Waals surface area contributed by atoms with Gasteiger partial charge in [-0.1, -0.05) is 19.8 Å². The molecule has 31 heavy (non-hydrogen) atoms. The summed E-state index contributed by atoms with van der Waals surface area (Å²) in [4.78, 5) is 25.9. The summed E-state index contributed by atoms with van der Waals surface area (Å²) in [5.74, 6) is 10.7. The SMILES string of the molecule is CCCCc1cc(C(=O)NC(CCCN)C(=O)NC2CCCC2/C(=N/N)NN)n(C)n1. The number of nitrogens with one attached hydrogen (secondary N) is 3. The lowest BCUT2D eigenvalue weighted by Gasteiger charge is -2.25. The minimum absolute atomic E-state index is 0.0805. The first-order valence-electron chi connectivity index (χ1n) is 11.0. The fraction of sp³-hybridized carbons (Fsp3) is 0.700. The standard InChI is InChI=1S/C20H37N9O2/c1-3-4-7-13-12-17(29(2)28-13)20(31)25-16(10-6-11-21)19(30)24-15-9-5-8-14(15)18(26-22)27-23/h12,14-16H,3-11,21-23H2,1-2H3,(H,24,30)(H,25,31)(H,26,27). The van der Waals surface area contributed by atoms with Gasteiger partial charge in [-0.2, -0.15) is 10.2 Å². The molecule has 3 atom stereocenters. The van der Waals surface area contributed by atoms with E-state index in [2.05, 4.69) is 33.2 Å². The van der Waals surface area contributed by atoms with Gasteiger partial charge in [-0.05, 0) is 51.1 Å². The number of nitrogens with zero attached hydrogens (tertiary/aromatic N) is 3. The predicted molar refractivity (Wildman–Crippen MR) is 120 cm³/mol. The van der Waals surface area contributed by atoms with Crippen LogP contribution in [0.2, 0.25) is 0 Å². The van der Waals surface area contributed by atoms with Crippen molar-refractivity contribution < 1.29 is 9.59 Å². The average Bonchev–Trinajstić information content (AvgIpc) is 3.36. The fourth-order valence-electron chi connectivity index (χ4n) is 4.03. The molecule has 11 heteroatoms. The zero-order chi connectivity index (χ0) is 22.8. The lowest BCUT2D eigenvalue weighted by atomic mass is 10.0. The highest BCUT2D eigenvalue weighted by molar-refractivity contribution is 5.96. The fourth-order valence-corrected chi connectivity index (χ4v) is 4.03. The third-order valence-corrected chi connectivity index (χ3v) is 5.75. The van der Waals surface area contributed by atoms with E-state index in [4.69, 9.17) is 17.4 Å². The number of hydrazine groups is 1. The maximum Gasteiger partial charge on any atom is 0.270 e. The van der Waals surface area contributed by atoms with Crippen LogP contribution in [0.3, 0.4) is 0 Å². The molecule has 1 aromatic heterocycles. The van der Waals surface area contributed by atoms with Gasteiger partial charge in [0.1, 0.15) is 17.6 Å². The van der Waals surface area contributed by atoms with Crippen LogP contribution >= 0.6 is 0 Å². The maximum atomic E-state index is 13.0. The van der Waals surface area contributed by atoms with Crippen molar-refractivity contribution in [2.45, 2.75) is 70.4 Å². The molecule has 1 heterocycles. The van der Waals surface area contributed by atoms with Crippen LogP contribution in [0.4, 0.5) is 0 Å². The van der Waals surface area contributed by atoms with E-state index in [0.717, 1.165) is 44.2 Å². The quantitative estimate of drug-likeness (QED) is 0.119. The Morgan fingerprint density at radius 3 is 2.77 bits per heavy atom. The van der Waals surface area contributed by atoms with Crippen LogP contribution in [0, 0.1) is 5.92 Å². The van der Waals surface area contributed by atoms with Crippen molar-refractivity contribution in [3.05, 3.63) is 17.5 Å². The Balaban J connectivity index is 2.07. The second-order valence-corrected chi connectivity index (χ2v) is 8.02. The van der Waals surface area contributed by atoms with E-state index >= 15 is 0 Å². The molecule has 1 aliphatic rings. The van der Waals surface area contributed by atoms with Gasteiger partial charge in [0.15, 0.2) is 0 Å². The average molecular weight is 436 g/mol. The van der Waals surface area contributed by atoms with E-state index in [1.165, 1.54) is 0 Å². The van der Waals surface area contributed by atoms with E-state index < -0.39 is 6.04 Å². The first-order valence-corrected chi connectivity index (χ1v) is 11.0. The molecule has 1 aromatic rings. The number of hydrogen-bond acceptors (Lipinski definition) is 7. The zero-order valence-corrected chi connectivity index (χ0v) is 18.6. The molecule has 0 saturated heterocycles. The molecule has 174 valence electrons. The Morgan fingerprint density at radius 1 is 1.35 bits per heavy atom. The minimum Gasteiger partial charge on any atom is -0.351 e. The molecule has 2 rings (SSSR count). The first-order chi connectivity index (χ1) is 14.9. The van der Waals surface area contributed by atoms with Crippen LogP contribution in [-0.4, -0.2) is 46.1 Å². The summed E-state index contributed by atoms with van der Waals surface area (Å²) in [5, 5.41) is 14.0. The Kier molecular flexibility index (Phi) is 9.73. The minimum atomic E-state index is -0.699. The Morgan fingerprint density at radius 2 is 2.13 bits per heavy atom. The Bertz CT molecular complexity index is 762. The molecular formula is C20H37N9O2. The number of nitrogens with two attached hydrogens (primary N) is 3. The van der Waals surface area contributed by atoms with Gasteiger partial charge in [0.2, 0.25) is 5.91 Å². The lowest BCUT2D eigenvalue weighted by molar-refractivity contribution is -0.124. The van der Waals surface area contributed by atoms with Crippen molar-refractivity contribution in [3.63, 3.8) is 0 Å². The molecule has 2 amide bonds. The number of hydrogen-bond donors (Lipinski definition) is 6. The molecule has 1 fully saturated rings. The number of carbonyl (C=O) groups excluding carboxylic acids is 2. The first kappa shape index (κ1) is 24.6. The van der Waals surface area contributed by atoms with Gasteiger partial charge in [-0.25, -0.2) is 5.84 Å². The number of amidine groups is 1. The molecule has 9 N–H and O–H groups in total. The van der Waals surface area contributed by atoms with E-state index in [-0.39, 0.29) is 23.8 Å². The van der Waals surface area contributed by atoms with E-state index in [1.54, 1.807) is 17.8 Å². The molecule has 11 nitrogen and oxygen atoms in total. The largest absolute Gasteiger partial charge is 0.351 e. The van der Waals surface area contributed by atoms with Gasteiger partial charge in [-0.15, -0.1) is 0 Å². The highest BCUT2D eigenvalue weighted by Gasteiger charge is 2.34. The zero-order valence-electron chi connectivity index (χ0n) is 18.6. The Hall–Kier alpha value is -2.66. The number of hydrazone groups is 1. The van der Waals surface area contributed by atoms with Crippen LogP contribution in [0.15, 0.2) is 11.2 Å². The topological polar surface area (TPSA) is 178 Å². The summed E-state index contributed by atoms with van der Waals surface area (Å²) < 4.78 is 1.56. The van der Waals surface area contributed by atoms with Gasteiger partial charge >= 0.3 is 0 Å². The molecule has 0 bridgehead atoms. The number of unbranched alkanes of at least 4 members (excludes halogenated alkanes) is 1. The normalized spacial score (nSPS) is 19.8. The van der Waals surface area contributed by atoms with E-state index in [0.29, 0.717) is 30.9 Å². The van der Waals surface area contributed by atoms with Gasteiger partial charge in [0.25, 0.3) is 5.91 Å². The van der Waals surface area contributed by atoms with Crippen molar-refractivity contribution >= 4 is 17.6 Å². The van der Waals surface area contributed by atoms with E-state index in [1.807, 2.05) is 0 Å². The second-order valence-electron chi connectivity index (χ2n) is 8.02. The van der Waals surface area contributed by atoms with Crippen molar-refractivity contribution in [1.29, 1.82) is 0 Å². The summed E-state index contributed by atoms with van der Waals surface area (Å²) in [6.45, 7) is 2.54. The molecule has 1 aliphatic carbocycles. The summed E-state index contributed by atoms with van der Waals surface area (Å²) in [7, 11) is 1.73. The van der Waals surface area contributed by atoms with Crippen LogP contribution in [0.25, 0.3) is 0 Å². The van der Waals surface area contributed by atoms with Crippen molar-refractivity contribution in [2.24, 2.45) is 35.5 Å². The Labute approximate surface area is 183 Å². The maximum absolute atomic E-state index is 13.0. The van der Waals surface area contributed by atoms with Crippen LogP contribution in [0.1, 0.15) is 68.1 Å². The summed E-state index contributed by atoms with van der Waals surface area (Å²) in [5.41, 5.74) is 9.46. The monoisotopic (exact) mass is 435 g/mol. The molecule has 0 aromatic carbocycles. The predicted octanol–water partition coefficient (Wildman–Crippen LogP) is -0.380. The van der Waals surface area contributed by atoms with E-state index in [9.17, 15) is 9.59 Å². The molecular weight excluding hydrogens is 398 g/mol. The highest BCUT2D eigenvalue weighted by Crippen LogP contribution is 2.26. The van der Waals surface area contributed by atoms with Gasteiger partial charge in [-0.3, -0.25) is 14.3 Å². The van der Waals surface area contributed by atoms with Crippen LogP contribution < -0.4 is 33.5 Å². The van der Waals surface area contributed by atoms with Gasteiger partial charge < -0.3 is 27.6 Å². The molecule has 0 radical (unpaired) electrons. The number of amides is 2. The molecule has 3 unspecified atom stereocenters. The third kappa shape index (κ3) is 6.66. The second kappa shape index (κ2) is 12.3. The van der Waals surface area contributed by atoms with Crippen molar-refractivity contribution in [3.8, 4) is 0 Å². The third-order valence-electron chi connectivity index (χ3n) is 5.75. The van der Waals surface area contributed by atoms with Crippen molar-refractivity contribution in [2.75, 3.05) is 6.54 Å². The number of rotatable bonds is 11. The van der Waals surface area contributed by atoms with Crippen LogP contribution in [0.5, 0.6) is 0 Å². The number of aromatic nitrogens is 2. The summed E-state index contributed by atoms with van der Waals surface area (Å²) in [6, 6.07) is 0.933. The summed E-state index contributed by atoms with van der Waals surface area (Å²) in [6.07, 6.45) is 6.46.